The third-order valence-corrected chi connectivity index (χ3v) is 25.5. The summed E-state index contributed by atoms with van der Waals surface area (Å²) in [6.45, 7) is 15.6. The quantitative estimate of drug-likeness (QED) is 0.0126. The number of rotatable bonds is 57. The van der Waals surface area contributed by atoms with E-state index in [2.05, 4.69) is 191 Å². The van der Waals surface area contributed by atoms with E-state index in [0.29, 0.717) is 0 Å². The molecule has 0 aromatic heterocycles. The van der Waals surface area contributed by atoms with Gasteiger partial charge in [0.2, 0.25) is 0 Å². The summed E-state index contributed by atoms with van der Waals surface area (Å²) in [5.41, 5.74) is -15.0. The number of hydrogen-bond donors (Lipinski definition) is 0. The van der Waals surface area contributed by atoms with Crippen LogP contribution < -0.4 is 14.2 Å². The van der Waals surface area contributed by atoms with Gasteiger partial charge in [-0.2, -0.15) is 0 Å². The van der Waals surface area contributed by atoms with Gasteiger partial charge in [-0.1, -0.05) is 228 Å². The number of carbonyl (C=O) groups excluding carboxylic acids is 21. The summed E-state index contributed by atoms with van der Waals surface area (Å²) in [7, 11) is 0. The molecule has 3 rings (SSSR count). The van der Waals surface area contributed by atoms with Gasteiger partial charge in [-0.25, -0.2) is 14.4 Å². The van der Waals surface area contributed by atoms with Crippen LogP contribution in [-0.4, -0.2) is 280 Å². The van der Waals surface area contributed by atoms with E-state index in [1.165, 1.54) is 119 Å². The van der Waals surface area contributed by atoms with Crippen molar-refractivity contribution in [2.75, 3.05) is 79.3 Å². The summed E-state index contributed by atoms with van der Waals surface area (Å²) < 4.78 is 118. The topological polar surface area (TPSA) is 552 Å². The first-order valence-corrected chi connectivity index (χ1v) is 55.6. The fourth-order valence-electron chi connectivity index (χ4n) is 10.9. The first-order valence-electron chi connectivity index (χ1n) is 44.6. The molecule has 0 fully saturated rings. The van der Waals surface area contributed by atoms with Gasteiger partial charge in [0.1, 0.15) is 187 Å². The lowest BCUT2D eigenvalue weighted by Crippen LogP contribution is -2.54. The van der Waals surface area contributed by atoms with E-state index in [9.17, 15) is 86.3 Å². The smallest absolute Gasteiger partial charge is 0.398 e. The van der Waals surface area contributed by atoms with E-state index in [1.54, 1.807) is 6.92 Å². The van der Waals surface area contributed by atoms with Crippen LogP contribution in [0.3, 0.4) is 0 Å². The lowest BCUT2D eigenvalue weighted by molar-refractivity contribution is -0.243. The molecule has 830 valence electrons. The molecule has 0 aliphatic heterocycles. The number of benzene rings is 3. The molecule has 0 bridgehead atoms. The van der Waals surface area contributed by atoms with E-state index in [-0.39, 0.29) is 16.7 Å². The average molecular weight is 2890 g/mol. The van der Waals surface area contributed by atoms with Gasteiger partial charge >= 0.3 is 143 Å². The van der Waals surface area contributed by atoms with Gasteiger partial charge in [0, 0.05) is 26.2 Å². The number of esters is 21. The van der Waals surface area contributed by atoms with Crippen LogP contribution in [0.5, 0.6) is 17.2 Å². The number of halogens is 12. The van der Waals surface area contributed by atoms with Crippen LogP contribution in [0.25, 0.3) is 0 Å². The van der Waals surface area contributed by atoms with Crippen LogP contribution >= 0.6 is 191 Å². The van der Waals surface area contributed by atoms with E-state index >= 15 is 14.4 Å². The highest BCUT2D eigenvalue weighted by Gasteiger charge is 2.58. The van der Waals surface area contributed by atoms with E-state index in [4.69, 9.17) is 99.5 Å². The average Bonchev–Trinajstić information content (AvgIpc) is 0.757. The number of hydrogen-bond acceptors (Lipinski definition) is 42. The Labute approximate surface area is 959 Å². The second kappa shape index (κ2) is 59.3. The van der Waals surface area contributed by atoms with Crippen molar-refractivity contribution in [1.29, 1.82) is 0 Å². The van der Waals surface area contributed by atoms with E-state index < -0.39 is 335 Å². The lowest BCUT2D eigenvalue weighted by atomic mass is 9.71. The maximum absolute atomic E-state index is 15.3. The van der Waals surface area contributed by atoms with Gasteiger partial charge in [-0.3, -0.25) is 86.3 Å². The Morgan fingerprint density at radius 2 is 0.282 bits per heavy atom. The second-order valence-electron chi connectivity index (χ2n) is 36.1. The monoisotopic (exact) mass is 2870 g/mol. The summed E-state index contributed by atoms with van der Waals surface area (Å²) in [6.07, 6.45) is 0. The van der Waals surface area contributed by atoms with Crippen LogP contribution in [0.2, 0.25) is 0 Å². The molecule has 0 amide bonds. The Hall–Kier alpha value is -7.71. The molecule has 42 nitrogen and oxygen atoms in total. The number of carbonyl (C=O) groups is 21. The van der Waals surface area contributed by atoms with Crippen molar-refractivity contribution in [2.45, 2.75) is 233 Å². The molecule has 0 spiro atoms. The third-order valence-electron chi connectivity index (χ3n) is 21.0. The van der Waals surface area contributed by atoms with Crippen LogP contribution in [0, 0.1) is 32.5 Å². The first kappa shape index (κ1) is 135. The molecule has 0 radical (unpaired) electrons. The molecule has 0 aliphatic carbocycles. The Morgan fingerprint density at radius 3 is 0.376 bits per heavy atom. The molecule has 12 unspecified atom stereocenters. The Balaban J connectivity index is 2.72. The van der Waals surface area contributed by atoms with Crippen LogP contribution in [0.1, 0.15) is 169 Å². The Morgan fingerprint density at radius 1 is 0.181 bits per heavy atom. The Kier molecular flexibility index (Phi) is 53.9. The van der Waals surface area contributed by atoms with E-state index in [0.717, 1.165) is 98.7 Å². The molecule has 12 atom stereocenters. The normalized spacial score (nSPS) is 17.8. The van der Waals surface area contributed by atoms with Crippen molar-refractivity contribution in [2.24, 2.45) is 32.5 Å². The summed E-state index contributed by atoms with van der Waals surface area (Å²) in [5, 5.41) is 0. The summed E-state index contributed by atoms with van der Waals surface area (Å²) in [4.78, 5) is 280. The molecule has 3 aromatic carbocycles. The third kappa shape index (κ3) is 40.8. The summed E-state index contributed by atoms with van der Waals surface area (Å²) in [5.74, 6) is -37.4. The highest BCUT2D eigenvalue weighted by molar-refractivity contribution is 9.11. The van der Waals surface area contributed by atoms with Gasteiger partial charge in [-0.15, -0.1) is 0 Å². The molecule has 0 saturated carbocycles. The largest absolute Gasteiger partial charge is 0.464 e. The van der Waals surface area contributed by atoms with Gasteiger partial charge < -0.3 is 99.5 Å². The van der Waals surface area contributed by atoms with Crippen molar-refractivity contribution < 1.29 is 200 Å². The molecule has 54 heteroatoms. The molecule has 0 heterocycles. The highest BCUT2D eigenvalue weighted by Crippen LogP contribution is 2.44. The minimum atomic E-state index is -3.34. The minimum absolute atomic E-state index is 0.161. The maximum atomic E-state index is 15.3. The van der Waals surface area contributed by atoms with Crippen molar-refractivity contribution in [1.82, 2.24) is 0 Å². The fraction of sp³-hybridized carbons (Fsp3) is 0.589. The zero-order valence-corrected chi connectivity index (χ0v) is 104. The van der Waals surface area contributed by atoms with Crippen LogP contribution in [0.4, 0.5) is 0 Å². The molecule has 149 heavy (non-hydrogen) atoms. The van der Waals surface area contributed by atoms with Crippen LogP contribution in [0.15, 0.2) is 72.8 Å². The molecule has 3 aromatic rings. The number of ether oxygens (including phenoxy) is 21. The minimum Gasteiger partial charge on any atom is -0.464 e. The summed E-state index contributed by atoms with van der Waals surface area (Å²) >= 11 is 37.0. The van der Waals surface area contributed by atoms with Gasteiger partial charge in [0.15, 0.2) is 0 Å². The van der Waals surface area contributed by atoms with Crippen molar-refractivity contribution in [3.63, 3.8) is 0 Å². The van der Waals surface area contributed by atoms with Crippen molar-refractivity contribution in [3.8, 4) is 17.2 Å². The van der Waals surface area contributed by atoms with Crippen molar-refractivity contribution in [3.05, 3.63) is 89.5 Å². The molecule has 0 N–H and O–H groups in total. The molecule has 0 aliphatic rings. The van der Waals surface area contributed by atoms with Gasteiger partial charge in [0.25, 0.3) is 0 Å². The first-order chi connectivity index (χ1) is 68.5. The number of alkyl halides is 12. The predicted octanol–water partition coefficient (Wildman–Crippen LogP) is 14.1. The second-order valence-corrected chi connectivity index (χ2v) is 52.6. The standard InChI is InChI=1S/C95H114Br12O42/c1-47(96)65(108)129-35-86(13,36-130-66(109)48(2)97)77(120)144-93(20,145-78(121)87(14,37-131-67(110)49(3)98)38-132-68(111)50(4)99)83(126)141-62-29-23-59(24-30-62)92(19,60-25-31-63(32-26-60)142-84(127)94(21,146-79(122)88(15,39-133-69(112)51(5)100)40-134-70(113)52(6)101)147-80(123)89(16,41-135-71(114)53(7)102)42-136-72(115)54(8)103)61-27-33-64(34-28-61)143-85(128)95(22,148-81(124)90(17,43-137-73(116)55(9)104)44-138-74(117)56(10)105)149-82(125)91(18,45-139-75(118)57(11)106)46-140-76(119)58(12)107/h23-34,47-58H,35-46H2,1-22H3. The van der Waals surface area contributed by atoms with Crippen LogP contribution in [-0.2, 0) is 191 Å². The molecule has 0 saturated heterocycles. The maximum Gasteiger partial charge on any atom is 0.398 e. The predicted molar refractivity (Wildman–Crippen MR) is 564 cm³/mol. The lowest BCUT2D eigenvalue weighted by Gasteiger charge is -2.35. The highest BCUT2D eigenvalue weighted by atomic mass is 79.9. The zero-order chi connectivity index (χ0) is 114. The summed E-state index contributed by atoms with van der Waals surface area (Å²) in [6, 6.07) is 15.0. The van der Waals surface area contributed by atoms with Crippen molar-refractivity contribution >= 4 is 317 Å². The van der Waals surface area contributed by atoms with E-state index in [1.807, 2.05) is 0 Å². The van der Waals surface area contributed by atoms with Gasteiger partial charge in [-0.05, 0) is 185 Å². The molecular formula is C95H114Br12O42. The fourth-order valence-corrected chi connectivity index (χ4v) is 12.5. The van der Waals surface area contributed by atoms with Gasteiger partial charge in [0.05, 0.1) is 0 Å². The molecular weight excluding hydrogens is 2770 g/mol. The SMILES string of the molecule is CC(Br)C(=O)OCC(C)(COC(=O)C(C)Br)C(=O)OC(C)(OC(=O)C(C)(COC(=O)C(C)Br)COC(=O)C(C)Br)C(=O)Oc1ccc(C(C)(c2ccc(OC(=O)C(C)(OC(=O)C(C)(COC(=O)C(C)Br)COC(=O)C(C)Br)OC(=O)C(C)(COC(=O)C(C)Br)COC(=O)C(C)Br)cc2)c2ccc(OC(=O)C(C)(OC(=O)C(C)(COC(=O)C(C)Br)COC(=O)C(C)Br)OC(=O)C(C)(COC(=O)C(C)Br)COC(=O)C(C)Br)cc2)cc1. The zero-order valence-electron chi connectivity index (χ0n) is 84.5. The Bertz CT molecular complexity index is 4420.